The molecule has 34 heavy (non-hydrogen) atoms. The molecule has 5 atom stereocenters. The summed E-state index contributed by atoms with van der Waals surface area (Å²) in [6.07, 6.45) is -5.74. The molecule has 1 fully saturated rings. The molecule has 10 heteroatoms. The van der Waals surface area contributed by atoms with Crippen LogP contribution in [0.5, 0.6) is 0 Å². The van der Waals surface area contributed by atoms with Gasteiger partial charge in [-0.25, -0.2) is 4.98 Å². The van der Waals surface area contributed by atoms with Gasteiger partial charge in [0, 0.05) is 16.8 Å². The van der Waals surface area contributed by atoms with Gasteiger partial charge < -0.3 is 25.2 Å². The number of rotatable bonds is 5. The van der Waals surface area contributed by atoms with Crippen LogP contribution in [0.1, 0.15) is 22.2 Å². The molecule has 0 spiro atoms. The lowest BCUT2D eigenvalue weighted by Gasteiger charge is -2.40. The Hall–Kier alpha value is -2.50. The van der Waals surface area contributed by atoms with Crippen LogP contribution >= 0.6 is 22.9 Å². The first-order valence-electron chi connectivity index (χ1n) is 10.7. The van der Waals surface area contributed by atoms with E-state index in [-0.39, 0.29) is 0 Å². The zero-order chi connectivity index (χ0) is 23.8. The van der Waals surface area contributed by atoms with E-state index in [2.05, 4.69) is 15.2 Å². The van der Waals surface area contributed by atoms with Crippen LogP contribution in [-0.2, 0) is 11.2 Å². The van der Waals surface area contributed by atoms with E-state index in [0.29, 0.717) is 22.0 Å². The van der Waals surface area contributed by atoms with Gasteiger partial charge in [0.05, 0.1) is 12.1 Å². The summed E-state index contributed by atoms with van der Waals surface area (Å²) in [7, 11) is 0. The number of aromatic nitrogens is 3. The van der Waals surface area contributed by atoms with Gasteiger partial charge in [-0.1, -0.05) is 59.3 Å². The van der Waals surface area contributed by atoms with Gasteiger partial charge in [0.2, 0.25) is 0 Å². The standard InChI is InChI=1S/C24H22ClN3O5S/c25-15-7-5-13(23-22(32)21(31)20(30)18(11-29)33-23)9-14(15)10-19-27-28-24(34-19)17-8-6-12-3-1-2-4-16(12)26-17/h1-9,18,20-23,29-32H,10-11H2/t18-,20-,21+,22-,23+/m1/s1. The van der Waals surface area contributed by atoms with E-state index < -0.39 is 37.1 Å². The fraction of sp³-hybridized carbons (Fsp3) is 0.292. The van der Waals surface area contributed by atoms with Gasteiger partial charge >= 0.3 is 0 Å². The highest BCUT2D eigenvalue weighted by Crippen LogP contribution is 2.35. The molecule has 0 radical (unpaired) electrons. The third-order valence-electron chi connectivity index (χ3n) is 5.92. The van der Waals surface area contributed by atoms with Crippen LogP contribution in [0.2, 0.25) is 5.02 Å². The minimum Gasteiger partial charge on any atom is -0.394 e. The van der Waals surface area contributed by atoms with E-state index in [1.165, 1.54) is 11.3 Å². The third-order valence-corrected chi connectivity index (χ3v) is 7.23. The Kier molecular flexibility index (Phi) is 6.59. The molecule has 176 valence electrons. The number of hydrogen-bond acceptors (Lipinski definition) is 9. The number of pyridine rings is 1. The molecule has 1 saturated heterocycles. The second-order valence-electron chi connectivity index (χ2n) is 8.17. The molecular weight excluding hydrogens is 478 g/mol. The number of halogens is 1. The van der Waals surface area contributed by atoms with E-state index in [1.54, 1.807) is 18.2 Å². The number of ether oxygens (including phenoxy) is 1. The molecule has 0 saturated carbocycles. The Morgan fingerprint density at radius 3 is 2.59 bits per heavy atom. The predicted octanol–water partition coefficient (Wildman–Crippen LogP) is 2.51. The van der Waals surface area contributed by atoms with Gasteiger partial charge in [0.15, 0.2) is 5.01 Å². The van der Waals surface area contributed by atoms with Crippen LogP contribution in [0.3, 0.4) is 0 Å². The van der Waals surface area contributed by atoms with Crippen molar-refractivity contribution in [3.63, 3.8) is 0 Å². The smallest absolute Gasteiger partial charge is 0.166 e. The van der Waals surface area contributed by atoms with Crippen molar-refractivity contribution in [2.75, 3.05) is 6.61 Å². The largest absolute Gasteiger partial charge is 0.394 e. The van der Waals surface area contributed by atoms with Crippen molar-refractivity contribution >= 4 is 33.8 Å². The molecule has 1 aliphatic rings. The first-order chi connectivity index (χ1) is 16.4. The number of nitrogens with zero attached hydrogens (tertiary/aromatic N) is 3. The van der Waals surface area contributed by atoms with Gasteiger partial charge in [-0.05, 0) is 29.3 Å². The summed E-state index contributed by atoms with van der Waals surface area (Å²) >= 11 is 7.84. The van der Waals surface area contributed by atoms with Crippen LogP contribution in [0.25, 0.3) is 21.6 Å². The molecule has 2 aromatic heterocycles. The third kappa shape index (κ3) is 4.44. The average Bonchev–Trinajstić information content (AvgIpc) is 3.32. The number of aliphatic hydroxyl groups is 4. The summed E-state index contributed by atoms with van der Waals surface area (Å²) in [5.74, 6) is 0. The summed E-state index contributed by atoms with van der Waals surface area (Å²) in [5, 5.41) is 51.7. The summed E-state index contributed by atoms with van der Waals surface area (Å²) in [5.41, 5.74) is 2.93. The molecule has 0 amide bonds. The molecule has 0 unspecified atom stereocenters. The SMILES string of the molecule is OC[C@H]1O[C@@H](c2ccc(Cl)c(Cc3nnc(-c4ccc5ccccc5n4)s3)c2)[C@H](O)[C@@H](O)[C@@H]1O. The van der Waals surface area contributed by atoms with Crippen molar-refractivity contribution in [3.8, 4) is 10.7 Å². The fourth-order valence-corrected chi connectivity index (χ4v) is 5.08. The predicted molar refractivity (Wildman–Crippen MR) is 128 cm³/mol. The van der Waals surface area contributed by atoms with Gasteiger partial charge in [-0.2, -0.15) is 0 Å². The van der Waals surface area contributed by atoms with E-state index in [0.717, 1.165) is 27.2 Å². The number of hydrogen-bond donors (Lipinski definition) is 4. The Bertz CT molecular complexity index is 1320. The molecule has 4 N–H and O–H groups in total. The number of aliphatic hydroxyl groups excluding tert-OH is 4. The molecule has 0 bridgehead atoms. The number of fused-ring (bicyclic) bond motifs is 1. The molecule has 3 heterocycles. The Balaban J connectivity index is 1.39. The molecule has 5 rings (SSSR count). The molecule has 2 aromatic carbocycles. The van der Waals surface area contributed by atoms with Crippen LogP contribution in [0.15, 0.2) is 54.6 Å². The maximum absolute atomic E-state index is 10.5. The summed E-state index contributed by atoms with van der Waals surface area (Å²) in [6.45, 7) is -0.488. The van der Waals surface area contributed by atoms with Crippen molar-refractivity contribution in [1.82, 2.24) is 15.2 Å². The molecule has 1 aliphatic heterocycles. The van der Waals surface area contributed by atoms with E-state index in [9.17, 15) is 20.4 Å². The Morgan fingerprint density at radius 2 is 1.76 bits per heavy atom. The summed E-state index contributed by atoms with van der Waals surface area (Å²) in [6, 6.07) is 16.9. The number of benzene rings is 2. The van der Waals surface area contributed by atoms with Crippen LogP contribution in [0, 0.1) is 0 Å². The molecule has 0 aliphatic carbocycles. The first-order valence-corrected chi connectivity index (χ1v) is 11.9. The highest BCUT2D eigenvalue weighted by molar-refractivity contribution is 7.14. The maximum atomic E-state index is 10.5. The lowest BCUT2D eigenvalue weighted by molar-refractivity contribution is -0.231. The summed E-state index contributed by atoms with van der Waals surface area (Å²) < 4.78 is 5.67. The van der Waals surface area contributed by atoms with Crippen molar-refractivity contribution in [3.05, 3.63) is 75.8 Å². The van der Waals surface area contributed by atoms with Gasteiger partial charge in [0.1, 0.15) is 41.2 Å². The van der Waals surface area contributed by atoms with Crippen LogP contribution in [-0.4, -0.2) is 66.6 Å². The van der Waals surface area contributed by atoms with Crippen molar-refractivity contribution in [2.24, 2.45) is 0 Å². The summed E-state index contributed by atoms with van der Waals surface area (Å²) in [4.78, 5) is 4.67. The fourth-order valence-electron chi connectivity index (χ4n) is 4.06. The van der Waals surface area contributed by atoms with Crippen LogP contribution < -0.4 is 0 Å². The highest BCUT2D eigenvalue weighted by Gasteiger charge is 2.44. The van der Waals surface area contributed by atoms with E-state index in [4.69, 9.17) is 16.3 Å². The molecule has 4 aromatic rings. The molecular formula is C24H22ClN3O5S. The topological polar surface area (TPSA) is 129 Å². The van der Waals surface area contributed by atoms with Gasteiger partial charge in [-0.3, -0.25) is 0 Å². The first kappa shape index (κ1) is 23.3. The minimum atomic E-state index is -1.45. The quantitative estimate of drug-likeness (QED) is 0.330. The second-order valence-corrected chi connectivity index (χ2v) is 9.64. The lowest BCUT2D eigenvalue weighted by atomic mass is 9.90. The monoisotopic (exact) mass is 499 g/mol. The van der Waals surface area contributed by atoms with Gasteiger partial charge in [0.25, 0.3) is 0 Å². The minimum absolute atomic E-state index is 0.398. The van der Waals surface area contributed by atoms with Crippen molar-refractivity contribution < 1.29 is 25.2 Å². The average molecular weight is 500 g/mol. The zero-order valence-electron chi connectivity index (χ0n) is 17.8. The van der Waals surface area contributed by atoms with Gasteiger partial charge in [-0.15, -0.1) is 10.2 Å². The maximum Gasteiger partial charge on any atom is 0.166 e. The van der Waals surface area contributed by atoms with E-state index in [1.807, 2.05) is 36.4 Å². The van der Waals surface area contributed by atoms with Crippen molar-refractivity contribution in [2.45, 2.75) is 36.9 Å². The highest BCUT2D eigenvalue weighted by atomic mass is 35.5. The number of para-hydroxylation sites is 1. The Labute approximate surface area is 204 Å². The Morgan fingerprint density at radius 1 is 0.941 bits per heavy atom. The van der Waals surface area contributed by atoms with E-state index >= 15 is 0 Å². The van der Waals surface area contributed by atoms with Crippen LogP contribution in [0.4, 0.5) is 0 Å². The second kappa shape index (κ2) is 9.63. The van der Waals surface area contributed by atoms with Crippen molar-refractivity contribution in [1.29, 1.82) is 0 Å². The lowest BCUT2D eigenvalue weighted by Crippen LogP contribution is -2.55. The molecule has 8 nitrogen and oxygen atoms in total. The zero-order valence-corrected chi connectivity index (χ0v) is 19.4. The normalized spacial score (nSPS) is 25.0.